The van der Waals surface area contributed by atoms with Crippen molar-refractivity contribution in [2.45, 2.75) is 59.0 Å². The number of halogens is 2. The number of piperidine rings is 1. The summed E-state index contributed by atoms with van der Waals surface area (Å²) < 4.78 is 43.9. The molecule has 2 aliphatic rings. The van der Waals surface area contributed by atoms with Crippen LogP contribution in [-0.4, -0.2) is 87.7 Å². The summed E-state index contributed by atoms with van der Waals surface area (Å²) in [6.45, 7) is 12.9. The highest BCUT2D eigenvalue weighted by Crippen LogP contribution is 2.34. The number of carbonyl (C=O) groups excluding carboxylic acids is 2. The molecule has 0 bridgehead atoms. The number of carbonyl (C=O) groups is 2. The summed E-state index contributed by atoms with van der Waals surface area (Å²) in [5.74, 6) is -0.777. The smallest absolute Gasteiger partial charge is 0.454 e. The minimum Gasteiger partial charge on any atom is -0.454 e. The van der Waals surface area contributed by atoms with E-state index in [1.54, 1.807) is 41.1 Å². The maximum Gasteiger partial charge on any atom is 0.516 e. The lowest BCUT2D eigenvalue weighted by molar-refractivity contribution is -0.827. The molecule has 300 valence electrons. The van der Waals surface area contributed by atoms with Gasteiger partial charge in [0.2, 0.25) is 5.82 Å². The Labute approximate surface area is 332 Å². The van der Waals surface area contributed by atoms with Crippen molar-refractivity contribution >= 4 is 29.2 Å². The summed E-state index contributed by atoms with van der Waals surface area (Å²) >= 11 is 0. The SMILES string of the molecule is CCc1cc(Nc2nccn3c(-c4ccc(Oc5ccccc5)c(F)c4F)cnc23)ccc1C(=O)NCC1CCN(CC2CC[N+](C)(C(=O)OC(C)(C)C)C2)CC1. The van der Waals surface area contributed by atoms with Crippen LogP contribution >= 0.6 is 0 Å². The third-order valence-electron chi connectivity index (χ3n) is 11.0. The van der Waals surface area contributed by atoms with E-state index in [9.17, 15) is 9.59 Å². The number of hydrogen-bond donors (Lipinski definition) is 2. The summed E-state index contributed by atoms with van der Waals surface area (Å²) in [5.41, 5.74) is 2.53. The number of hydrogen-bond acceptors (Lipinski definition) is 8. The topological polar surface area (TPSA) is 110 Å². The molecule has 2 fully saturated rings. The largest absolute Gasteiger partial charge is 0.516 e. The number of fused-ring (bicyclic) bond motifs is 1. The molecule has 2 N–H and O–H groups in total. The first-order chi connectivity index (χ1) is 27.3. The fraction of sp³-hybridized carbons (Fsp3) is 0.409. The number of aromatic nitrogens is 3. The van der Waals surface area contributed by atoms with Gasteiger partial charge in [0.05, 0.1) is 32.0 Å². The Bertz CT molecular complexity index is 2230. The Morgan fingerprint density at radius 2 is 1.74 bits per heavy atom. The van der Waals surface area contributed by atoms with Gasteiger partial charge in [0, 0.05) is 54.6 Å². The third kappa shape index (κ3) is 9.10. The third-order valence-corrected chi connectivity index (χ3v) is 11.0. The van der Waals surface area contributed by atoms with Crippen LogP contribution in [-0.2, 0) is 11.2 Å². The fourth-order valence-corrected chi connectivity index (χ4v) is 7.93. The molecular weight excluding hydrogens is 729 g/mol. The average Bonchev–Trinajstić information content (AvgIpc) is 3.80. The van der Waals surface area contributed by atoms with E-state index in [0.29, 0.717) is 63.4 Å². The zero-order valence-corrected chi connectivity index (χ0v) is 33.4. The summed E-state index contributed by atoms with van der Waals surface area (Å²) in [6, 6.07) is 17.1. The lowest BCUT2D eigenvalue weighted by Gasteiger charge is -2.34. The number of nitrogens with zero attached hydrogens (tertiary/aromatic N) is 5. The molecule has 11 nitrogen and oxygen atoms in total. The molecule has 4 heterocycles. The second kappa shape index (κ2) is 16.6. The van der Waals surface area contributed by atoms with Crippen LogP contribution in [0, 0.1) is 23.5 Å². The molecule has 57 heavy (non-hydrogen) atoms. The van der Waals surface area contributed by atoms with Crippen LogP contribution in [0.2, 0.25) is 0 Å². The van der Waals surface area contributed by atoms with Gasteiger partial charge in [-0.15, -0.1) is 0 Å². The molecule has 2 unspecified atom stereocenters. The van der Waals surface area contributed by atoms with Gasteiger partial charge < -0.3 is 25.0 Å². The van der Waals surface area contributed by atoms with Crippen LogP contribution in [0.4, 0.5) is 25.1 Å². The van der Waals surface area contributed by atoms with Crippen LogP contribution < -0.4 is 15.4 Å². The number of para-hydroxylation sites is 1. The van der Waals surface area contributed by atoms with Gasteiger partial charge in [-0.3, -0.25) is 9.20 Å². The summed E-state index contributed by atoms with van der Waals surface area (Å²) in [6.07, 6.45) is 8.22. The second-order valence-corrected chi connectivity index (χ2v) is 16.5. The van der Waals surface area contributed by atoms with E-state index in [1.807, 2.05) is 59.0 Å². The molecule has 3 aromatic carbocycles. The molecule has 7 rings (SSSR count). The molecule has 5 aromatic rings. The Morgan fingerprint density at radius 3 is 2.47 bits per heavy atom. The Morgan fingerprint density at radius 1 is 0.965 bits per heavy atom. The lowest BCUT2D eigenvalue weighted by Crippen LogP contribution is -2.50. The molecule has 2 aromatic heterocycles. The van der Waals surface area contributed by atoms with Crippen molar-refractivity contribution in [1.29, 1.82) is 0 Å². The molecule has 0 aliphatic carbocycles. The standard InChI is InChI=1S/C44H51F2N7O4/c1-6-31-24-32(50-40-41-48-26-36(52(41)22-19-47-40)35-14-15-37(39(46)38(35)45)56-33-10-8-7-9-11-33)12-13-34(31)42(54)49-25-29-16-20-51(21-17-29)27-30-18-23-53(5,28-30)43(55)57-44(2,3)4/h7-15,19,22,24,26,29-30H,6,16-18,20-21,23,25,27-28H2,1-5H3,(H-,47,49,50,54)/p+1. The van der Waals surface area contributed by atoms with E-state index >= 15 is 8.78 Å². The number of aryl methyl sites for hydroxylation is 1. The highest BCUT2D eigenvalue weighted by atomic mass is 19.2. The predicted molar refractivity (Wildman–Crippen MR) is 216 cm³/mol. The van der Waals surface area contributed by atoms with Gasteiger partial charge >= 0.3 is 6.09 Å². The van der Waals surface area contributed by atoms with Crippen molar-refractivity contribution in [2.24, 2.45) is 11.8 Å². The van der Waals surface area contributed by atoms with Gasteiger partial charge in [-0.05, 0) is 107 Å². The lowest BCUT2D eigenvalue weighted by atomic mass is 9.95. The average molecular weight is 781 g/mol. The van der Waals surface area contributed by atoms with Crippen molar-refractivity contribution in [3.63, 3.8) is 0 Å². The van der Waals surface area contributed by atoms with E-state index in [4.69, 9.17) is 9.47 Å². The zero-order valence-electron chi connectivity index (χ0n) is 33.4. The van der Waals surface area contributed by atoms with Crippen LogP contribution in [0.25, 0.3) is 16.9 Å². The van der Waals surface area contributed by atoms with Gasteiger partial charge in [-0.2, -0.15) is 9.18 Å². The maximum absolute atomic E-state index is 15.4. The van der Waals surface area contributed by atoms with E-state index in [2.05, 4.69) is 25.5 Å². The minimum absolute atomic E-state index is 0.0273. The van der Waals surface area contributed by atoms with E-state index in [0.717, 1.165) is 57.5 Å². The Balaban J connectivity index is 0.936. The van der Waals surface area contributed by atoms with Gasteiger partial charge in [0.15, 0.2) is 23.0 Å². The highest BCUT2D eigenvalue weighted by Gasteiger charge is 2.44. The van der Waals surface area contributed by atoms with Crippen molar-refractivity contribution in [3.8, 4) is 22.8 Å². The van der Waals surface area contributed by atoms with Gasteiger partial charge in [-0.25, -0.2) is 18.8 Å². The van der Waals surface area contributed by atoms with Crippen LogP contribution in [0.1, 0.15) is 62.9 Å². The number of ether oxygens (including phenoxy) is 2. The molecule has 2 aliphatic heterocycles. The maximum atomic E-state index is 15.4. The van der Waals surface area contributed by atoms with Gasteiger partial charge in [0.25, 0.3) is 5.91 Å². The van der Waals surface area contributed by atoms with E-state index < -0.39 is 17.2 Å². The fourth-order valence-electron chi connectivity index (χ4n) is 7.93. The van der Waals surface area contributed by atoms with E-state index in [1.165, 1.54) is 18.3 Å². The number of imidazole rings is 1. The molecule has 0 saturated carbocycles. The molecule has 13 heteroatoms. The Kier molecular flexibility index (Phi) is 11.6. The monoisotopic (exact) mass is 780 g/mol. The van der Waals surface area contributed by atoms with Crippen molar-refractivity contribution in [3.05, 3.63) is 102 Å². The van der Waals surface area contributed by atoms with Crippen LogP contribution in [0.3, 0.4) is 0 Å². The quantitative estimate of drug-likeness (QED) is 0.128. The predicted octanol–water partition coefficient (Wildman–Crippen LogP) is 8.62. The first-order valence-corrected chi connectivity index (χ1v) is 19.8. The van der Waals surface area contributed by atoms with Crippen LogP contribution in [0.5, 0.6) is 11.5 Å². The first kappa shape index (κ1) is 39.8. The molecular formula is C44H52F2N7O4+. The normalized spacial score (nSPS) is 19.1. The highest BCUT2D eigenvalue weighted by molar-refractivity contribution is 5.96. The van der Waals surface area contributed by atoms with Crippen molar-refractivity contribution in [2.75, 3.05) is 51.6 Å². The van der Waals surface area contributed by atoms with Gasteiger partial charge in [-0.1, -0.05) is 25.1 Å². The molecule has 2 saturated heterocycles. The summed E-state index contributed by atoms with van der Waals surface area (Å²) in [7, 11) is 1.99. The molecule has 0 spiro atoms. The molecule has 0 radical (unpaired) electrons. The number of anilines is 2. The number of likely N-dealkylation sites (tertiary alicyclic amines) is 2. The van der Waals surface area contributed by atoms with E-state index in [-0.39, 0.29) is 23.3 Å². The minimum atomic E-state index is -1.10. The first-order valence-electron chi connectivity index (χ1n) is 19.8. The number of nitrogens with one attached hydrogen (secondary N) is 2. The number of benzene rings is 3. The summed E-state index contributed by atoms with van der Waals surface area (Å²) in [4.78, 5) is 37.8. The molecule has 2 atom stereocenters. The second-order valence-electron chi connectivity index (χ2n) is 16.5. The van der Waals surface area contributed by atoms with Gasteiger partial charge in [0.1, 0.15) is 11.4 Å². The zero-order chi connectivity index (χ0) is 40.3. The van der Waals surface area contributed by atoms with Crippen LogP contribution in [0.15, 0.2) is 79.3 Å². The number of rotatable bonds is 11. The van der Waals surface area contributed by atoms with Crippen molar-refractivity contribution < 1.29 is 32.3 Å². The Hall–Kier alpha value is -5.40. The number of quaternary nitrogens is 1. The molecule has 2 amide bonds. The summed E-state index contributed by atoms with van der Waals surface area (Å²) in [5, 5.41) is 6.49. The van der Waals surface area contributed by atoms with Crippen molar-refractivity contribution in [1.82, 2.24) is 24.6 Å². The number of amides is 2.